The summed E-state index contributed by atoms with van der Waals surface area (Å²) < 4.78 is 7.80. The van der Waals surface area contributed by atoms with Gasteiger partial charge in [-0.1, -0.05) is 31.7 Å². The summed E-state index contributed by atoms with van der Waals surface area (Å²) in [6.07, 6.45) is 4.69. The second-order valence-corrected chi connectivity index (χ2v) is 6.74. The molecule has 0 unspecified atom stereocenters. The van der Waals surface area contributed by atoms with Crippen molar-refractivity contribution in [1.29, 1.82) is 0 Å². The van der Waals surface area contributed by atoms with Crippen LogP contribution in [0.2, 0.25) is 0 Å². The first-order chi connectivity index (χ1) is 10.1. The van der Waals surface area contributed by atoms with E-state index < -0.39 is 0 Å². The van der Waals surface area contributed by atoms with Crippen LogP contribution in [0.5, 0.6) is 0 Å². The van der Waals surface area contributed by atoms with E-state index in [1.165, 1.54) is 0 Å². The van der Waals surface area contributed by atoms with E-state index in [1.807, 2.05) is 30.6 Å². The summed E-state index contributed by atoms with van der Waals surface area (Å²) in [5.41, 5.74) is 1.08. The van der Waals surface area contributed by atoms with Crippen LogP contribution in [0.4, 0.5) is 0 Å². The average Bonchev–Trinajstić information content (AvgIpc) is 3.06. The summed E-state index contributed by atoms with van der Waals surface area (Å²) in [6, 6.07) is 6.04. The number of rotatable bonds is 5. The van der Waals surface area contributed by atoms with Crippen LogP contribution in [-0.2, 0) is 6.42 Å². The lowest BCUT2D eigenvalue weighted by atomic mass is 10.1. The third kappa shape index (κ3) is 3.10. The predicted molar refractivity (Wildman–Crippen MR) is 82.3 cm³/mol. The van der Waals surface area contributed by atoms with Gasteiger partial charge >= 0.3 is 0 Å². The molecule has 3 rings (SSSR count). The second-order valence-electron chi connectivity index (χ2n) is 5.43. The third-order valence-corrected chi connectivity index (χ3v) is 4.17. The third-order valence-electron chi connectivity index (χ3n) is 3.10. The van der Waals surface area contributed by atoms with E-state index in [9.17, 15) is 0 Å². The van der Waals surface area contributed by atoms with Crippen molar-refractivity contribution in [2.24, 2.45) is 5.92 Å². The maximum absolute atomic E-state index is 5.74. The van der Waals surface area contributed by atoms with E-state index in [0.717, 1.165) is 17.1 Å². The number of hydrogen-bond acceptors (Lipinski definition) is 5. The highest BCUT2D eigenvalue weighted by molar-refractivity contribution is 7.99. The van der Waals surface area contributed by atoms with Crippen molar-refractivity contribution >= 4 is 17.3 Å². The summed E-state index contributed by atoms with van der Waals surface area (Å²) in [4.78, 5) is 4.45. The lowest BCUT2D eigenvalue weighted by molar-refractivity contribution is 0.426. The van der Waals surface area contributed by atoms with Crippen LogP contribution in [0.15, 0.2) is 40.2 Å². The van der Waals surface area contributed by atoms with Crippen molar-refractivity contribution in [3.8, 4) is 0 Å². The summed E-state index contributed by atoms with van der Waals surface area (Å²) in [5, 5.41) is 9.27. The lowest BCUT2D eigenvalue weighted by Crippen LogP contribution is -1.93. The molecule has 0 fully saturated rings. The Balaban J connectivity index is 1.76. The maximum Gasteiger partial charge on any atom is 0.229 e. The van der Waals surface area contributed by atoms with Gasteiger partial charge in [-0.15, -0.1) is 10.2 Å². The van der Waals surface area contributed by atoms with E-state index in [0.29, 0.717) is 17.7 Å². The summed E-state index contributed by atoms with van der Waals surface area (Å²) in [5.74, 6) is 1.88. The Labute approximate surface area is 127 Å². The van der Waals surface area contributed by atoms with Gasteiger partial charge in [0.05, 0.1) is 17.0 Å². The van der Waals surface area contributed by atoms with Crippen LogP contribution in [-0.4, -0.2) is 19.6 Å². The van der Waals surface area contributed by atoms with E-state index in [4.69, 9.17) is 4.42 Å². The molecule has 110 valence electrons. The molecule has 21 heavy (non-hydrogen) atoms. The van der Waals surface area contributed by atoms with Crippen molar-refractivity contribution in [2.45, 2.75) is 37.6 Å². The topological polar surface area (TPSA) is 56.2 Å². The molecule has 0 aliphatic carbocycles. The van der Waals surface area contributed by atoms with Gasteiger partial charge in [-0.25, -0.2) is 4.98 Å². The normalized spacial score (nSPS) is 13.1. The van der Waals surface area contributed by atoms with E-state index in [2.05, 4.69) is 40.4 Å². The first kappa shape index (κ1) is 14.1. The highest BCUT2D eigenvalue weighted by atomic mass is 32.2. The number of fused-ring (bicyclic) bond motifs is 1. The minimum absolute atomic E-state index is 0.0734. The second kappa shape index (κ2) is 5.89. The van der Waals surface area contributed by atoms with Gasteiger partial charge in [0.2, 0.25) is 11.8 Å². The van der Waals surface area contributed by atoms with Gasteiger partial charge in [0.15, 0.2) is 5.16 Å². The first-order valence-corrected chi connectivity index (χ1v) is 7.92. The molecular weight excluding hydrogens is 284 g/mol. The largest absolute Gasteiger partial charge is 0.424 e. The summed E-state index contributed by atoms with van der Waals surface area (Å²) in [7, 11) is 0. The van der Waals surface area contributed by atoms with E-state index in [1.54, 1.807) is 11.8 Å². The molecule has 0 bridgehead atoms. The molecule has 3 aromatic rings. The van der Waals surface area contributed by atoms with Crippen LogP contribution in [0.1, 0.15) is 37.8 Å². The number of thioether (sulfide) groups is 1. The Morgan fingerprint density at radius 1 is 1.24 bits per heavy atom. The zero-order chi connectivity index (χ0) is 14.8. The molecule has 0 spiro atoms. The molecule has 0 amide bonds. The highest BCUT2D eigenvalue weighted by Gasteiger charge is 2.18. The van der Waals surface area contributed by atoms with Crippen LogP contribution in [0.25, 0.3) is 5.52 Å². The Hall–Kier alpha value is -1.82. The van der Waals surface area contributed by atoms with Gasteiger partial charge in [0, 0.05) is 12.6 Å². The van der Waals surface area contributed by atoms with Crippen LogP contribution < -0.4 is 0 Å². The first-order valence-electron chi connectivity index (χ1n) is 7.04. The molecule has 5 nitrogen and oxygen atoms in total. The van der Waals surface area contributed by atoms with Crippen LogP contribution in [0, 0.1) is 5.92 Å². The molecule has 0 aromatic carbocycles. The number of nitrogens with zero attached hydrogens (tertiary/aromatic N) is 4. The van der Waals surface area contributed by atoms with E-state index >= 15 is 0 Å². The smallest absolute Gasteiger partial charge is 0.229 e. The van der Waals surface area contributed by atoms with Crippen molar-refractivity contribution in [3.63, 3.8) is 0 Å². The van der Waals surface area contributed by atoms with Gasteiger partial charge in [-0.3, -0.25) is 4.40 Å². The molecule has 0 radical (unpaired) electrons. The quantitative estimate of drug-likeness (QED) is 0.671. The maximum atomic E-state index is 5.74. The Morgan fingerprint density at radius 3 is 2.90 bits per heavy atom. The van der Waals surface area contributed by atoms with Crippen molar-refractivity contribution < 1.29 is 4.42 Å². The molecule has 0 saturated heterocycles. The fourth-order valence-electron chi connectivity index (χ4n) is 2.08. The molecular formula is C15H18N4OS. The van der Waals surface area contributed by atoms with Gasteiger partial charge in [-0.05, 0) is 25.0 Å². The Bertz CT molecular complexity index is 734. The highest BCUT2D eigenvalue weighted by Crippen LogP contribution is 2.33. The van der Waals surface area contributed by atoms with Gasteiger partial charge in [0.25, 0.3) is 0 Å². The SMILES string of the molecule is CC(C)Cc1nnc([C@@H](C)Sc2ncc3ccccn23)o1. The molecule has 1 atom stereocenters. The van der Waals surface area contributed by atoms with Gasteiger partial charge in [0.1, 0.15) is 0 Å². The Kier molecular flexibility index (Phi) is 3.96. The molecule has 0 aliphatic rings. The van der Waals surface area contributed by atoms with Gasteiger partial charge in [-0.2, -0.15) is 0 Å². The minimum Gasteiger partial charge on any atom is -0.424 e. The molecule has 6 heteroatoms. The Morgan fingerprint density at radius 2 is 2.10 bits per heavy atom. The van der Waals surface area contributed by atoms with Crippen LogP contribution >= 0.6 is 11.8 Å². The fourth-order valence-corrected chi connectivity index (χ4v) is 2.98. The number of aromatic nitrogens is 4. The molecule has 0 N–H and O–H groups in total. The van der Waals surface area contributed by atoms with E-state index in [-0.39, 0.29) is 5.25 Å². The standard InChI is InChI=1S/C15H18N4OS/c1-10(2)8-13-17-18-14(20-13)11(3)21-15-16-9-12-6-4-5-7-19(12)15/h4-7,9-11H,8H2,1-3H3/t11-/m1/s1. The van der Waals surface area contributed by atoms with Gasteiger partial charge < -0.3 is 4.42 Å². The molecule has 3 aromatic heterocycles. The average molecular weight is 302 g/mol. The van der Waals surface area contributed by atoms with Crippen molar-refractivity contribution in [1.82, 2.24) is 19.6 Å². The summed E-state index contributed by atoms with van der Waals surface area (Å²) >= 11 is 1.62. The minimum atomic E-state index is 0.0734. The number of pyridine rings is 1. The van der Waals surface area contributed by atoms with Crippen LogP contribution in [0.3, 0.4) is 0 Å². The fraction of sp³-hybridized carbons (Fsp3) is 0.400. The summed E-state index contributed by atoms with van der Waals surface area (Å²) in [6.45, 7) is 6.33. The lowest BCUT2D eigenvalue weighted by Gasteiger charge is -2.05. The predicted octanol–water partition coefficient (Wildman–Crippen LogP) is 3.77. The zero-order valence-corrected chi connectivity index (χ0v) is 13.2. The van der Waals surface area contributed by atoms with Crippen molar-refractivity contribution in [3.05, 3.63) is 42.4 Å². The number of imidazole rings is 1. The zero-order valence-electron chi connectivity index (χ0n) is 12.4. The molecule has 0 aliphatic heterocycles. The monoisotopic (exact) mass is 302 g/mol. The molecule has 3 heterocycles. The number of hydrogen-bond donors (Lipinski definition) is 0. The van der Waals surface area contributed by atoms with Crippen molar-refractivity contribution in [2.75, 3.05) is 0 Å². The molecule has 0 saturated carbocycles.